The van der Waals surface area contributed by atoms with E-state index in [1.54, 1.807) is 4.90 Å². The molecule has 1 aromatic rings. The second kappa shape index (κ2) is 9.20. The van der Waals surface area contributed by atoms with Crippen LogP contribution in [0.1, 0.15) is 90.5 Å². The molecule has 0 aromatic heterocycles. The summed E-state index contributed by atoms with van der Waals surface area (Å²) in [6.45, 7) is 8.66. The van der Waals surface area contributed by atoms with Gasteiger partial charge in [0.1, 0.15) is 0 Å². The molecule has 1 saturated heterocycles. The number of rotatable bonds is 4. The summed E-state index contributed by atoms with van der Waals surface area (Å²) in [5.41, 5.74) is 2.66. The van der Waals surface area contributed by atoms with Gasteiger partial charge in [-0.2, -0.15) is 0 Å². The number of urea groups is 1. The van der Waals surface area contributed by atoms with Gasteiger partial charge in [0.15, 0.2) is 0 Å². The largest absolute Gasteiger partial charge is 0.393 e. The highest BCUT2D eigenvalue weighted by Crippen LogP contribution is 2.87. The number of carbonyl (C=O) groups excluding carboxylic acids is 1. The van der Waals surface area contributed by atoms with Crippen LogP contribution in [-0.4, -0.2) is 59.9 Å². The molecule has 10 atom stereocenters. The van der Waals surface area contributed by atoms with Crippen molar-refractivity contribution in [3.05, 3.63) is 35.9 Å². The van der Waals surface area contributed by atoms with Gasteiger partial charge < -0.3 is 19.6 Å². The van der Waals surface area contributed by atoms with E-state index in [9.17, 15) is 9.90 Å². The number of fused-ring (bicyclic) bond motifs is 4. The van der Waals surface area contributed by atoms with E-state index in [1.165, 1.54) is 56.9 Å². The molecule has 5 saturated carbocycles. The Bertz CT molecular complexity index is 1140. The molecule has 0 bridgehead atoms. The summed E-state index contributed by atoms with van der Waals surface area (Å²) < 4.78 is 7.00. The van der Waals surface area contributed by atoms with Crippen LogP contribution < -0.4 is 0 Å². The maximum atomic E-state index is 13.2. The standard InChI is InChI=1S/C35H52N2O3/c1-32(2)29-14-13-25-27-19-28-26(33(27,3)17-18-34(25)22-35(29,34)16-15-30(32)38)12-11-24(40-28)21-37(31(39)36(4)5)20-23-9-7-6-8-10-23/h6-10,24-30,38H,11-22H2,1-5H3/t24?,25?,26?,27?,28?,29?,30-,33?,34-,35?/m0/s1. The fourth-order valence-corrected chi connectivity index (χ4v) is 12.0. The first-order valence-electron chi connectivity index (χ1n) is 16.4. The number of nitrogens with zero attached hydrogens (tertiary/aromatic N) is 2. The maximum absolute atomic E-state index is 13.2. The van der Waals surface area contributed by atoms with Crippen molar-refractivity contribution < 1.29 is 14.6 Å². The molecule has 0 radical (unpaired) electrons. The Hall–Kier alpha value is -1.59. The van der Waals surface area contributed by atoms with Gasteiger partial charge in [-0.05, 0) is 115 Å². The number of carbonyl (C=O) groups is 1. The van der Waals surface area contributed by atoms with Crippen molar-refractivity contribution in [2.75, 3.05) is 20.6 Å². The minimum atomic E-state index is -0.133. The summed E-state index contributed by atoms with van der Waals surface area (Å²) >= 11 is 0. The quantitative estimate of drug-likeness (QED) is 0.454. The molecule has 5 nitrogen and oxygen atoms in total. The Morgan fingerprint density at radius 2 is 1.68 bits per heavy atom. The molecule has 1 heterocycles. The van der Waals surface area contributed by atoms with Crippen molar-refractivity contribution in [3.8, 4) is 0 Å². The van der Waals surface area contributed by atoms with Gasteiger partial charge in [-0.1, -0.05) is 51.1 Å². The minimum Gasteiger partial charge on any atom is -0.393 e. The zero-order valence-corrected chi connectivity index (χ0v) is 25.6. The molecule has 2 spiro atoms. The summed E-state index contributed by atoms with van der Waals surface area (Å²) in [5, 5.41) is 10.9. The highest BCUT2D eigenvalue weighted by Gasteiger charge is 2.80. The van der Waals surface area contributed by atoms with Gasteiger partial charge in [-0.15, -0.1) is 0 Å². The van der Waals surface area contributed by atoms with Crippen LogP contribution in [0.15, 0.2) is 30.3 Å². The summed E-state index contributed by atoms with van der Waals surface area (Å²) in [4.78, 5) is 16.9. The highest BCUT2D eigenvalue weighted by atomic mass is 16.5. The third-order valence-corrected chi connectivity index (χ3v) is 13.9. The molecule has 6 fully saturated rings. The van der Waals surface area contributed by atoms with Crippen molar-refractivity contribution in [3.63, 3.8) is 0 Å². The fraction of sp³-hybridized carbons (Fsp3) is 0.800. The number of hydrogen-bond acceptors (Lipinski definition) is 3. The number of ether oxygens (including phenoxy) is 1. The lowest BCUT2D eigenvalue weighted by Crippen LogP contribution is -2.54. The number of hydrogen-bond donors (Lipinski definition) is 1. The maximum Gasteiger partial charge on any atom is 0.319 e. The first-order valence-corrected chi connectivity index (χ1v) is 16.4. The molecule has 7 rings (SSSR count). The Labute approximate surface area is 242 Å². The first-order chi connectivity index (χ1) is 19.0. The minimum absolute atomic E-state index is 0.0586. The van der Waals surface area contributed by atoms with Gasteiger partial charge >= 0.3 is 6.03 Å². The average molecular weight is 549 g/mol. The number of aliphatic hydroxyl groups is 1. The van der Waals surface area contributed by atoms with Gasteiger partial charge in [0.2, 0.25) is 0 Å². The van der Waals surface area contributed by atoms with Crippen molar-refractivity contribution in [1.29, 1.82) is 0 Å². The van der Waals surface area contributed by atoms with Crippen LogP contribution in [0.3, 0.4) is 0 Å². The summed E-state index contributed by atoms with van der Waals surface area (Å²) in [6.07, 6.45) is 13.0. The Kier molecular flexibility index (Phi) is 6.27. The first kappa shape index (κ1) is 27.3. The van der Waals surface area contributed by atoms with E-state index < -0.39 is 0 Å². The van der Waals surface area contributed by atoms with E-state index >= 15 is 0 Å². The molecule has 1 N–H and O–H groups in total. The predicted octanol–water partition coefficient (Wildman–Crippen LogP) is 6.74. The van der Waals surface area contributed by atoms with Crippen LogP contribution in [0, 0.1) is 45.3 Å². The third kappa shape index (κ3) is 3.75. The number of aliphatic hydroxyl groups excluding tert-OH is 1. The van der Waals surface area contributed by atoms with E-state index in [1.807, 2.05) is 25.1 Å². The van der Waals surface area contributed by atoms with E-state index in [0.717, 1.165) is 24.7 Å². The van der Waals surface area contributed by atoms with Crippen LogP contribution in [0.2, 0.25) is 0 Å². The van der Waals surface area contributed by atoms with Crippen LogP contribution in [0.5, 0.6) is 0 Å². The van der Waals surface area contributed by atoms with E-state index in [2.05, 4.69) is 45.0 Å². The zero-order chi connectivity index (χ0) is 28.1. The lowest BCUT2D eigenvalue weighted by atomic mass is 9.46. The molecule has 5 aliphatic carbocycles. The lowest BCUT2D eigenvalue weighted by Gasteiger charge is -2.59. The van der Waals surface area contributed by atoms with Crippen LogP contribution >= 0.6 is 0 Å². The second-order valence-corrected chi connectivity index (χ2v) is 16.0. The van der Waals surface area contributed by atoms with E-state index in [4.69, 9.17) is 4.74 Å². The van der Waals surface area contributed by atoms with Gasteiger partial charge in [-0.25, -0.2) is 4.79 Å². The third-order valence-electron chi connectivity index (χ3n) is 13.9. The molecule has 220 valence electrons. The molecular weight excluding hydrogens is 496 g/mol. The van der Waals surface area contributed by atoms with Crippen LogP contribution in [-0.2, 0) is 11.3 Å². The topological polar surface area (TPSA) is 53.0 Å². The summed E-state index contributed by atoms with van der Waals surface area (Å²) in [6, 6.07) is 10.4. The second-order valence-electron chi connectivity index (χ2n) is 16.0. The molecule has 1 aliphatic heterocycles. The monoisotopic (exact) mass is 548 g/mol. The molecule has 6 aliphatic rings. The Morgan fingerprint density at radius 3 is 2.42 bits per heavy atom. The van der Waals surface area contributed by atoms with E-state index in [-0.39, 0.29) is 23.7 Å². The van der Waals surface area contributed by atoms with Crippen molar-refractivity contribution in [2.45, 2.75) is 110 Å². The van der Waals surface area contributed by atoms with E-state index in [0.29, 0.717) is 47.3 Å². The zero-order valence-electron chi connectivity index (χ0n) is 25.6. The van der Waals surface area contributed by atoms with Crippen molar-refractivity contribution >= 4 is 6.03 Å². The van der Waals surface area contributed by atoms with Crippen LogP contribution in [0.25, 0.3) is 0 Å². The smallest absolute Gasteiger partial charge is 0.319 e. The Balaban J connectivity index is 1.07. The van der Waals surface area contributed by atoms with Gasteiger partial charge in [0.05, 0.1) is 18.3 Å². The normalized spacial score (nSPS) is 46.2. The predicted molar refractivity (Wildman–Crippen MR) is 157 cm³/mol. The van der Waals surface area contributed by atoms with Crippen molar-refractivity contribution in [1.82, 2.24) is 9.80 Å². The number of amides is 2. The SMILES string of the molecule is CN(C)C(=O)N(Cc1ccccc1)CC1CCC2C(CC3C4CCC5C(C)(C)[C@@H](O)CCC56C[C@@]46CCC23C)O1. The highest BCUT2D eigenvalue weighted by molar-refractivity contribution is 5.73. The Morgan fingerprint density at radius 1 is 0.925 bits per heavy atom. The molecule has 5 heteroatoms. The van der Waals surface area contributed by atoms with Crippen molar-refractivity contribution in [2.24, 2.45) is 45.3 Å². The van der Waals surface area contributed by atoms with Gasteiger partial charge in [0.25, 0.3) is 0 Å². The molecule has 1 aromatic carbocycles. The lowest BCUT2D eigenvalue weighted by molar-refractivity contribution is -0.135. The molecule has 2 amide bonds. The molecule has 40 heavy (non-hydrogen) atoms. The summed E-state index contributed by atoms with van der Waals surface area (Å²) in [5.74, 6) is 2.97. The molecule has 8 unspecified atom stereocenters. The number of benzene rings is 1. The van der Waals surface area contributed by atoms with Gasteiger partial charge in [-0.3, -0.25) is 0 Å². The van der Waals surface area contributed by atoms with Gasteiger partial charge in [0, 0.05) is 27.2 Å². The van der Waals surface area contributed by atoms with Crippen LogP contribution in [0.4, 0.5) is 4.79 Å². The summed E-state index contributed by atoms with van der Waals surface area (Å²) in [7, 11) is 3.70. The average Bonchev–Trinajstić information content (AvgIpc) is 3.51. The fourth-order valence-electron chi connectivity index (χ4n) is 12.0. The molecular formula is C35H52N2O3.